The minimum atomic E-state index is -1.57. The first-order valence-corrected chi connectivity index (χ1v) is 4.61. The van der Waals surface area contributed by atoms with Crippen molar-refractivity contribution in [2.45, 2.75) is 30.7 Å². The highest BCUT2D eigenvalue weighted by molar-refractivity contribution is 5.68. The minimum absolute atomic E-state index is 0.585. The van der Waals surface area contributed by atoms with Crippen LogP contribution < -0.4 is 0 Å². The van der Waals surface area contributed by atoms with Gasteiger partial charge in [0, 0.05) is 0 Å². The van der Waals surface area contributed by atoms with E-state index in [1.165, 1.54) is 0 Å². The molecular weight excluding hydrogens is 224 g/mol. The van der Waals surface area contributed by atoms with E-state index in [1.54, 1.807) is 0 Å². The van der Waals surface area contributed by atoms with Crippen LogP contribution in [0.3, 0.4) is 0 Å². The van der Waals surface area contributed by atoms with E-state index in [2.05, 4.69) is 4.74 Å². The lowest BCUT2D eigenvalue weighted by atomic mass is 9.99. The number of aliphatic carboxylic acids is 1. The lowest BCUT2D eigenvalue weighted by molar-refractivity contribution is -0.300. The molecule has 1 saturated heterocycles. The van der Waals surface area contributed by atoms with Gasteiger partial charge in [0.25, 0.3) is 0 Å². The molecule has 1 aliphatic rings. The van der Waals surface area contributed by atoms with Gasteiger partial charge < -0.3 is 35.0 Å². The van der Waals surface area contributed by atoms with Gasteiger partial charge in [-0.3, -0.25) is 0 Å². The molecule has 5 atom stereocenters. The number of hydrogen-bond acceptors (Lipinski definition) is 7. The molecule has 8 nitrogen and oxygen atoms in total. The Morgan fingerprint density at radius 3 is 2.31 bits per heavy atom. The zero-order chi connectivity index (χ0) is 12.3. The van der Waals surface area contributed by atoms with Crippen molar-refractivity contribution in [3.8, 4) is 0 Å². The maximum Gasteiger partial charge on any atom is 0.329 e. The van der Waals surface area contributed by atoms with E-state index in [0.29, 0.717) is 0 Å². The highest BCUT2D eigenvalue weighted by atomic mass is 16.7. The Hall–Kier alpha value is -0.770. The maximum atomic E-state index is 10.2. The Labute approximate surface area is 90.6 Å². The van der Waals surface area contributed by atoms with Crippen LogP contribution in [0.2, 0.25) is 0 Å². The molecule has 0 bridgehead atoms. The molecule has 1 aliphatic heterocycles. The summed E-state index contributed by atoms with van der Waals surface area (Å²) in [7, 11) is 0. The van der Waals surface area contributed by atoms with Crippen molar-refractivity contribution in [2.75, 3.05) is 13.2 Å². The van der Waals surface area contributed by atoms with Gasteiger partial charge in [0.2, 0.25) is 0 Å². The quantitative estimate of drug-likeness (QED) is 0.347. The summed E-state index contributed by atoms with van der Waals surface area (Å²) in [6, 6.07) is 0. The van der Waals surface area contributed by atoms with E-state index in [4.69, 9.17) is 14.9 Å². The second kappa shape index (κ2) is 5.53. The molecule has 8 heteroatoms. The van der Waals surface area contributed by atoms with Crippen molar-refractivity contribution in [2.24, 2.45) is 0 Å². The fourth-order valence-corrected chi connectivity index (χ4v) is 1.36. The first-order valence-electron chi connectivity index (χ1n) is 4.61. The second-order valence-electron chi connectivity index (χ2n) is 3.40. The van der Waals surface area contributed by atoms with Crippen LogP contribution in [0.5, 0.6) is 0 Å². The topological polar surface area (TPSA) is 137 Å². The zero-order valence-corrected chi connectivity index (χ0v) is 8.26. The van der Waals surface area contributed by atoms with Crippen molar-refractivity contribution < 1.29 is 39.8 Å². The van der Waals surface area contributed by atoms with Crippen LogP contribution in [0, 0.1) is 0 Å². The molecule has 94 valence electrons. The van der Waals surface area contributed by atoms with Crippen LogP contribution >= 0.6 is 0 Å². The first-order chi connectivity index (χ1) is 7.47. The van der Waals surface area contributed by atoms with Gasteiger partial charge in [-0.05, 0) is 0 Å². The van der Waals surface area contributed by atoms with E-state index < -0.39 is 49.9 Å². The standard InChI is InChI=1S/C8H14O8/c9-1-3-5(12)6(13)7(14)8(16-3)15-2-4(10)11/h3,5-9,12-14H,1-2H2,(H,10,11)/t3-,5+,6+,7-,8-/m1/s1. The molecule has 0 radical (unpaired) electrons. The summed E-state index contributed by atoms with van der Waals surface area (Å²) >= 11 is 0. The van der Waals surface area contributed by atoms with Crippen LogP contribution in [0.4, 0.5) is 0 Å². The van der Waals surface area contributed by atoms with Crippen LogP contribution in [-0.4, -0.2) is 75.4 Å². The van der Waals surface area contributed by atoms with E-state index in [9.17, 15) is 20.1 Å². The third-order valence-electron chi connectivity index (χ3n) is 2.22. The summed E-state index contributed by atoms with van der Waals surface area (Å²) in [5.41, 5.74) is 0. The molecule has 1 heterocycles. The van der Waals surface area contributed by atoms with Crippen molar-refractivity contribution in [1.29, 1.82) is 0 Å². The molecule has 0 aromatic heterocycles. The van der Waals surface area contributed by atoms with Crippen molar-refractivity contribution >= 4 is 5.97 Å². The van der Waals surface area contributed by atoms with E-state index >= 15 is 0 Å². The largest absolute Gasteiger partial charge is 0.480 e. The van der Waals surface area contributed by atoms with Crippen molar-refractivity contribution in [3.05, 3.63) is 0 Å². The predicted molar refractivity (Wildman–Crippen MR) is 47.4 cm³/mol. The molecule has 1 fully saturated rings. The summed E-state index contributed by atoms with van der Waals surface area (Å²) in [6.45, 7) is -1.30. The Balaban J connectivity index is 2.60. The predicted octanol–water partition coefficient (Wildman–Crippen LogP) is -3.11. The summed E-state index contributed by atoms with van der Waals surface area (Å²) < 4.78 is 9.54. The summed E-state index contributed by atoms with van der Waals surface area (Å²) in [4.78, 5) is 10.2. The van der Waals surface area contributed by atoms with E-state index in [0.717, 1.165) is 0 Å². The van der Waals surface area contributed by atoms with Crippen LogP contribution in [0.1, 0.15) is 0 Å². The molecule has 0 aromatic rings. The normalized spacial score (nSPS) is 39.6. The number of carboxylic acids is 1. The molecule has 0 spiro atoms. The summed E-state index contributed by atoms with van der Waals surface area (Å²) in [5, 5.41) is 45.3. The smallest absolute Gasteiger partial charge is 0.329 e. The van der Waals surface area contributed by atoms with Gasteiger partial charge in [-0.2, -0.15) is 0 Å². The third kappa shape index (κ3) is 2.88. The highest BCUT2D eigenvalue weighted by Crippen LogP contribution is 2.21. The SMILES string of the molecule is O=C(O)CO[C@@H]1O[C@H](CO)[C@H](O)[C@H](O)[C@H]1O. The number of rotatable bonds is 4. The molecule has 0 aromatic carbocycles. The van der Waals surface area contributed by atoms with Crippen LogP contribution in [0.25, 0.3) is 0 Å². The van der Waals surface area contributed by atoms with Crippen LogP contribution in [-0.2, 0) is 14.3 Å². The van der Waals surface area contributed by atoms with Crippen LogP contribution in [0.15, 0.2) is 0 Å². The number of ether oxygens (including phenoxy) is 2. The Morgan fingerprint density at radius 1 is 1.19 bits per heavy atom. The van der Waals surface area contributed by atoms with Gasteiger partial charge in [0.1, 0.15) is 31.0 Å². The number of carboxylic acid groups (broad SMARTS) is 1. The third-order valence-corrected chi connectivity index (χ3v) is 2.22. The summed E-state index contributed by atoms with van der Waals surface area (Å²) in [5.74, 6) is -1.27. The number of carbonyl (C=O) groups is 1. The van der Waals surface area contributed by atoms with Gasteiger partial charge in [0.15, 0.2) is 6.29 Å². The van der Waals surface area contributed by atoms with E-state index in [-0.39, 0.29) is 0 Å². The summed E-state index contributed by atoms with van der Waals surface area (Å²) in [6.07, 6.45) is -7.12. The Morgan fingerprint density at radius 2 is 1.81 bits per heavy atom. The maximum absolute atomic E-state index is 10.2. The Bertz CT molecular complexity index is 242. The molecule has 1 rings (SSSR count). The number of hydrogen-bond donors (Lipinski definition) is 5. The molecule has 0 unspecified atom stereocenters. The Kier molecular flexibility index (Phi) is 4.59. The van der Waals surface area contributed by atoms with Gasteiger partial charge in [-0.15, -0.1) is 0 Å². The second-order valence-corrected chi connectivity index (χ2v) is 3.40. The fourth-order valence-electron chi connectivity index (χ4n) is 1.36. The van der Waals surface area contributed by atoms with Crippen molar-refractivity contribution in [1.82, 2.24) is 0 Å². The van der Waals surface area contributed by atoms with Gasteiger partial charge in [-0.1, -0.05) is 0 Å². The first kappa shape index (κ1) is 13.3. The van der Waals surface area contributed by atoms with Gasteiger partial charge in [0.05, 0.1) is 6.61 Å². The van der Waals surface area contributed by atoms with Gasteiger partial charge >= 0.3 is 5.97 Å². The minimum Gasteiger partial charge on any atom is -0.480 e. The van der Waals surface area contributed by atoms with Gasteiger partial charge in [-0.25, -0.2) is 4.79 Å². The lowest BCUT2D eigenvalue weighted by Crippen LogP contribution is -2.59. The molecule has 0 amide bonds. The number of aliphatic hydroxyl groups is 4. The zero-order valence-electron chi connectivity index (χ0n) is 8.26. The average molecular weight is 238 g/mol. The lowest BCUT2D eigenvalue weighted by Gasteiger charge is -2.39. The molecule has 0 saturated carbocycles. The average Bonchev–Trinajstić information content (AvgIpc) is 2.25. The molecular formula is C8H14O8. The molecule has 0 aliphatic carbocycles. The van der Waals surface area contributed by atoms with Crippen molar-refractivity contribution in [3.63, 3.8) is 0 Å². The van der Waals surface area contributed by atoms with E-state index in [1.807, 2.05) is 0 Å². The number of aliphatic hydroxyl groups excluding tert-OH is 4. The molecule has 5 N–H and O–H groups in total. The molecule has 16 heavy (non-hydrogen) atoms. The fraction of sp³-hybridized carbons (Fsp3) is 0.875. The highest BCUT2D eigenvalue weighted by Gasteiger charge is 2.44. The monoisotopic (exact) mass is 238 g/mol.